The van der Waals surface area contributed by atoms with E-state index < -0.39 is 6.36 Å². The van der Waals surface area contributed by atoms with Gasteiger partial charge in [-0.15, -0.1) is 29.6 Å². The van der Waals surface area contributed by atoms with Crippen molar-refractivity contribution in [1.29, 1.82) is 0 Å². The van der Waals surface area contributed by atoms with Crippen LogP contribution in [0.3, 0.4) is 0 Å². The van der Waals surface area contributed by atoms with Crippen LogP contribution >= 0.6 is 22.9 Å². The standard InChI is InChI=1S/C15H12ClF3N2O2S/c16-13-6-5-12(24-13)11-7-14(20)23-21(11)8-9-1-3-10(4-2-9)22-15(17,18)19/h1-7,11H,8,20H2. The summed E-state index contributed by atoms with van der Waals surface area (Å²) in [6, 6.07) is 9.05. The Morgan fingerprint density at radius 2 is 1.92 bits per heavy atom. The second-order valence-electron chi connectivity index (χ2n) is 5.01. The smallest absolute Gasteiger partial charge is 0.406 e. The highest BCUT2D eigenvalue weighted by Crippen LogP contribution is 2.36. The number of thiophene rings is 1. The van der Waals surface area contributed by atoms with E-state index in [0.29, 0.717) is 10.9 Å². The molecule has 2 N–H and O–H groups in total. The first-order chi connectivity index (χ1) is 11.3. The fourth-order valence-corrected chi connectivity index (χ4v) is 3.41. The summed E-state index contributed by atoms with van der Waals surface area (Å²) in [6.45, 7) is 0.337. The molecule has 0 bridgehead atoms. The molecule has 1 aromatic carbocycles. The molecule has 0 saturated heterocycles. The maximum atomic E-state index is 12.2. The van der Waals surface area contributed by atoms with E-state index >= 15 is 0 Å². The molecular weight excluding hydrogens is 365 g/mol. The second kappa shape index (κ2) is 6.54. The lowest BCUT2D eigenvalue weighted by atomic mass is 10.2. The minimum atomic E-state index is -4.71. The molecule has 1 unspecified atom stereocenters. The molecule has 4 nitrogen and oxygen atoms in total. The number of hydrogen-bond donors (Lipinski definition) is 1. The SMILES string of the molecule is NC1=CC(c2ccc(Cl)s2)N(Cc2ccc(OC(F)(F)F)cc2)O1. The molecule has 0 spiro atoms. The summed E-state index contributed by atoms with van der Waals surface area (Å²) in [5.74, 6) is -0.00522. The highest BCUT2D eigenvalue weighted by Gasteiger charge is 2.31. The molecular formula is C15H12ClF3N2O2S. The maximum Gasteiger partial charge on any atom is 0.573 e. The summed E-state index contributed by atoms with van der Waals surface area (Å²) >= 11 is 7.36. The van der Waals surface area contributed by atoms with E-state index in [1.165, 1.54) is 35.6 Å². The van der Waals surface area contributed by atoms with Crippen LogP contribution in [0.1, 0.15) is 16.5 Å². The van der Waals surface area contributed by atoms with Gasteiger partial charge < -0.3 is 15.3 Å². The van der Waals surface area contributed by atoms with Gasteiger partial charge in [-0.1, -0.05) is 23.7 Å². The number of ether oxygens (including phenoxy) is 1. The van der Waals surface area contributed by atoms with Crippen LogP contribution in [0.15, 0.2) is 48.4 Å². The molecule has 0 saturated carbocycles. The Labute approximate surface area is 144 Å². The third kappa shape index (κ3) is 4.14. The summed E-state index contributed by atoms with van der Waals surface area (Å²) < 4.78 is 41.0. The van der Waals surface area contributed by atoms with E-state index in [-0.39, 0.29) is 17.7 Å². The first kappa shape index (κ1) is 16.9. The molecule has 24 heavy (non-hydrogen) atoms. The van der Waals surface area contributed by atoms with Crippen molar-refractivity contribution in [2.75, 3.05) is 0 Å². The van der Waals surface area contributed by atoms with Crippen LogP contribution in [-0.2, 0) is 11.4 Å². The van der Waals surface area contributed by atoms with Crippen molar-refractivity contribution >= 4 is 22.9 Å². The van der Waals surface area contributed by atoms with Crippen molar-refractivity contribution in [2.45, 2.75) is 18.9 Å². The Morgan fingerprint density at radius 3 is 2.50 bits per heavy atom. The van der Waals surface area contributed by atoms with Crippen LogP contribution in [-0.4, -0.2) is 11.4 Å². The first-order valence-corrected chi connectivity index (χ1v) is 8.01. The number of rotatable bonds is 4. The zero-order valence-electron chi connectivity index (χ0n) is 12.1. The van der Waals surface area contributed by atoms with Crippen LogP contribution in [0.4, 0.5) is 13.2 Å². The third-order valence-electron chi connectivity index (χ3n) is 3.24. The summed E-state index contributed by atoms with van der Waals surface area (Å²) in [4.78, 5) is 6.43. The first-order valence-electron chi connectivity index (χ1n) is 6.82. The van der Waals surface area contributed by atoms with Crippen molar-refractivity contribution in [3.63, 3.8) is 0 Å². The lowest BCUT2D eigenvalue weighted by molar-refractivity contribution is -0.274. The molecule has 0 radical (unpaired) electrons. The quantitative estimate of drug-likeness (QED) is 0.848. The Morgan fingerprint density at radius 1 is 1.21 bits per heavy atom. The molecule has 128 valence electrons. The Kier molecular flexibility index (Phi) is 4.62. The van der Waals surface area contributed by atoms with E-state index in [2.05, 4.69) is 4.74 Å². The van der Waals surface area contributed by atoms with Gasteiger partial charge in [0.2, 0.25) is 5.88 Å². The maximum absolute atomic E-state index is 12.2. The monoisotopic (exact) mass is 376 g/mol. The number of alkyl halides is 3. The molecule has 1 atom stereocenters. The van der Waals surface area contributed by atoms with Gasteiger partial charge in [0.05, 0.1) is 10.9 Å². The van der Waals surface area contributed by atoms with Gasteiger partial charge in [0.1, 0.15) is 11.8 Å². The number of hydroxylamine groups is 2. The molecule has 2 aromatic rings. The molecule has 1 aliphatic heterocycles. The van der Waals surface area contributed by atoms with Crippen LogP contribution in [0.25, 0.3) is 0 Å². The van der Waals surface area contributed by atoms with Crippen molar-refractivity contribution in [1.82, 2.24) is 5.06 Å². The number of hydrogen-bond acceptors (Lipinski definition) is 5. The van der Waals surface area contributed by atoms with E-state index in [1.54, 1.807) is 17.2 Å². The molecule has 2 heterocycles. The predicted octanol–water partition coefficient (Wildman–Crippen LogP) is 4.59. The minimum Gasteiger partial charge on any atom is -0.406 e. The van der Waals surface area contributed by atoms with Crippen molar-refractivity contribution in [3.8, 4) is 5.75 Å². The van der Waals surface area contributed by atoms with Gasteiger partial charge in [0.25, 0.3) is 0 Å². The Bertz CT molecular complexity index is 746. The molecule has 3 rings (SSSR count). The van der Waals surface area contributed by atoms with E-state index in [1.807, 2.05) is 6.07 Å². The predicted molar refractivity (Wildman–Crippen MR) is 84.1 cm³/mol. The summed E-state index contributed by atoms with van der Waals surface area (Å²) in [5, 5.41) is 1.64. The van der Waals surface area contributed by atoms with Crippen LogP contribution in [0.5, 0.6) is 5.75 Å². The Hall–Kier alpha value is -1.90. The lowest BCUT2D eigenvalue weighted by Crippen LogP contribution is -2.22. The number of halogens is 4. The highest BCUT2D eigenvalue weighted by molar-refractivity contribution is 7.16. The average molecular weight is 377 g/mol. The summed E-state index contributed by atoms with van der Waals surface area (Å²) in [5.41, 5.74) is 6.48. The second-order valence-corrected chi connectivity index (χ2v) is 6.76. The van der Waals surface area contributed by atoms with Crippen molar-refractivity contribution < 1.29 is 22.7 Å². The minimum absolute atomic E-state index is 0.200. The molecule has 9 heteroatoms. The van der Waals surface area contributed by atoms with Gasteiger partial charge in [0, 0.05) is 11.0 Å². The van der Waals surface area contributed by atoms with Gasteiger partial charge in [-0.3, -0.25) is 0 Å². The van der Waals surface area contributed by atoms with Crippen LogP contribution in [0.2, 0.25) is 4.34 Å². The highest BCUT2D eigenvalue weighted by atomic mass is 35.5. The fourth-order valence-electron chi connectivity index (χ4n) is 2.28. The van der Waals surface area contributed by atoms with Gasteiger partial charge in [-0.05, 0) is 29.8 Å². The number of benzene rings is 1. The van der Waals surface area contributed by atoms with Crippen LogP contribution in [0, 0.1) is 0 Å². The van der Waals surface area contributed by atoms with Crippen LogP contribution < -0.4 is 10.5 Å². The Balaban J connectivity index is 1.71. The number of nitrogens with zero attached hydrogens (tertiary/aromatic N) is 1. The van der Waals surface area contributed by atoms with E-state index in [9.17, 15) is 13.2 Å². The van der Waals surface area contributed by atoms with Gasteiger partial charge >= 0.3 is 6.36 Å². The lowest BCUT2D eigenvalue weighted by Gasteiger charge is -2.22. The molecule has 0 aliphatic carbocycles. The van der Waals surface area contributed by atoms with E-state index in [4.69, 9.17) is 22.2 Å². The molecule has 1 aliphatic rings. The van der Waals surface area contributed by atoms with Gasteiger partial charge in [-0.2, -0.15) is 0 Å². The molecule has 0 fully saturated rings. The molecule has 1 aromatic heterocycles. The van der Waals surface area contributed by atoms with Gasteiger partial charge in [-0.25, -0.2) is 0 Å². The van der Waals surface area contributed by atoms with Crippen molar-refractivity contribution in [2.24, 2.45) is 5.73 Å². The summed E-state index contributed by atoms with van der Waals surface area (Å²) in [6.07, 6.45) is -2.95. The topological polar surface area (TPSA) is 47.7 Å². The van der Waals surface area contributed by atoms with Gasteiger partial charge in [0.15, 0.2) is 0 Å². The largest absolute Gasteiger partial charge is 0.573 e. The summed E-state index contributed by atoms with van der Waals surface area (Å²) in [7, 11) is 0. The zero-order chi connectivity index (χ0) is 17.3. The third-order valence-corrected chi connectivity index (χ3v) is 4.54. The number of nitrogens with two attached hydrogens (primary N) is 1. The average Bonchev–Trinajstić information content (AvgIpc) is 3.05. The zero-order valence-corrected chi connectivity index (χ0v) is 13.7. The normalized spacial score (nSPS) is 18.3. The molecule has 0 amide bonds. The fraction of sp³-hybridized carbons (Fsp3) is 0.200. The van der Waals surface area contributed by atoms with Crippen molar-refractivity contribution in [3.05, 3.63) is 63.1 Å². The van der Waals surface area contributed by atoms with E-state index in [0.717, 1.165) is 10.4 Å².